The fraction of sp³-hybridized carbons (Fsp3) is 0.412. The highest BCUT2D eigenvalue weighted by molar-refractivity contribution is 6.07. The first-order chi connectivity index (χ1) is 12.0. The van der Waals surface area contributed by atoms with Gasteiger partial charge in [0.1, 0.15) is 12.6 Å². The normalized spacial score (nSPS) is 20.1. The number of imidazole rings is 1. The monoisotopic (exact) mass is 342 g/mol. The minimum Gasteiger partial charge on any atom is -0.326 e. The first-order valence-corrected chi connectivity index (χ1v) is 8.26. The van der Waals surface area contributed by atoms with Gasteiger partial charge < -0.3 is 4.90 Å². The smallest absolute Gasteiger partial charge is 0.326 e. The van der Waals surface area contributed by atoms with Crippen LogP contribution in [0.5, 0.6) is 0 Å². The molecule has 1 aliphatic carbocycles. The van der Waals surface area contributed by atoms with Gasteiger partial charge >= 0.3 is 5.69 Å². The van der Waals surface area contributed by atoms with Gasteiger partial charge in [-0.25, -0.2) is 4.79 Å². The molecule has 130 valence electrons. The number of fused-ring (bicyclic) bond motifs is 1. The lowest BCUT2D eigenvalue weighted by Crippen LogP contribution is -2.47. The standard InChI is InChI=1S/C17H18N4O4/c1-19-11-4-2-3-5-12(11)20(17(19)25)9-15(23)21(10-6-7-10)13-8-14(22)18-16(13)24/h2-5,10,13H,6-9H2,1H3,(H,18,22,24)/t13-/m0/s1. The molecule has 0 unspecified atom stereocenters. The van der Waals surface area contributed by atoms with Crippen molar-refractivity contribution in [1.29, 1.82) is 0 Å². The van der Waals surface area contributed by atoms with Gasteiger partial charge in [0.25, 0.3) is 0 Å². The van der Waals surface area contributed by atoms with Crippen molar-refractivity contribution in [3.05, 3.63) is 34.7 Å². The van der Waals surface area contributed by atoms with Crippen LogP contribution in [0.3, 0.4) is 0 Å². The van der Waals surface area contributed by atoms with Gasteiger partial charge in [0, 0.05) is 13.1 Å². The first-order valence-electron chi connectivity index (χ1n) is 8.26. The Labute approximate surface area is 143 Å². The molecule has 1 aliphatic heterocycles. The zero-order valence-corrected chi connectivity index (χ0v) is 13.8. The van der Waals surface area contributed by atoms with Crippen molar-refractivity contribution in [3.63, 3.8) is 0 Å². The predicted molar refractivity (Wildman–Crippen MR) is 88.6 cm³/mol. The summed E-state index contributed by atoms with van der Waals surface area (Å²) in [6.07, 6.45) is 1.62. The summed E-state index contributed by atoms with van der Waals surface area (Å²) in [5.74, 6) is -1.11. The van der Waals surface area contributed by atoms with E-state index in [0.717, 1.165) is 18.4 Å². The summed E-state index contributed by atoms with van der Waals surface area (Å²) in [7, 11) is 1.66. The molecule has 1 aromatic carbocycles. The van der Waals surface area contributed by atoms with E-state index < -0.39 is 11.9 Å². The highest BCUT2D eigenvalue weighted by Crippen LogP contribution is 2.31. The SMILES string of the molecule is Cn1c(=O)n(CC(=O)N(C2CC2)[C@H]2CC(=O)NC2=O)c2ccccc21. The van der Waals surface area contributed by atoms with Gasteiger partial charge in [0.05, 0.1) is 17.5 Å². The number of hydrogen-bond acceptors (Lipinski definition) is 4. The van der Waals surface area contributed by atoms with E-state index in [1.807, 2.05) is 18.2 Å². The van der Waals surface area contributed by atoms with E-state index in [2.05, 4.69) is 5.32 Å². The second kappa shape index (κ2) is 5.58. The van der Waals surface area contributed by atoms with Crippen LogP contribution in [0.25, 0.3) is 11.0 Å². The van der Waals surface area contributed by atoms with Crippen LogP contribution in [0.15, 0.2) is 29.1 Å². The van der Waals surface area contributed by atoms with Crippen LogP contribution in [0.2, 0.25) is 0 Å². The van der Waals surface area contributed by atoms with Crippen LogP contribution < -0.4 is 11.0 Å². The number of rotatable bonds is 4. The van der Waals surface area contributed by atoms with Crippen LogP contribution in [-0.4, -0.2) is 43.8 Å². The fourth-order valence-corrected chi connectivity index (χ4v) is 3.48. The quantitative estimate of drug-likeness (QED) is 0.775. The molecule has 3 amide bonds. The number of benzene rings is 1. The Morgan fingerprint density at radius 2 is 1.88 bits per heavy atom. The Hall–Kier alpha value is -2.90. The van der Waals surface area contributed by atoms with E-state index in [4.69, 9.17) is 0 Å². The second-order valence-electron chi connectivity index (χ2n) is 6.58. The average Bonchev–Trinajstić information content (AvgIpc) is 3.32. The number of amides is 3. The molecule has 1 N–H and O–H groups in total. The van der Waals surface area contributed by atoms with Crippen LogP contribution in [0.1, 0.15) is 19.3 Å². The minimum atomic E-state index is -0.766. The third-order valence-electron chi connectivity index (χ3n) is 4.85. The van der Waals surface area contributed by atoms with Gasteiger partial charge in [0.15, 0.2) is 0 Å². The third-order valence-corrected chi connectivity index (χ3v) is 4.85. The molecule has 8 nitrogen and oxygen atoms in total. The summed E-state index contributed by atoms with van der Waals surface area (Å²) in [5.41, 5.74) is 1.13. The minimum absolute atomic E-state index is 0.00842. The van der Waals surface area contributed by atoms with Gasteiger partial charge in [-0.15, -0.1) is 0 Å². The lowest BCUT2D eigenvalue weighted by molar-refractivity contribution is -0.140. The van der Waals surface area contributed by atoms with Crippen molar-refractivity contribution in [3.8, 4) is 0 Å². The number of carbonyl (C=O) groups is 3. The molecule has 1 atom stereocenters. The molecule has 0 radical (unpaired) electrons. The lowest BCUT2D eigenvalue weighted by Gasteiger charge is -2.26. The summed E-state index contributed by atoms with van der Waals surface area (Å²) in [6.45, 7) is -0.144. The van der Waals surface area contributed by atoms with Gasteiger partial charge in [-0.3, -0.25) is 28.8 Å². The van der Waals surface area contributed by atoms with E-state index in [0.29, 0.717) is 5.52 Å². The Morgan fingerprint density at radius 1 is 1.20 bits per heavy atom. The summed E-state index contributed by atoms with van der Waals surface area (Å²) in [5, 5.41) is 2.25. The molecular formula is C17H18N4O4. The van der Waals surface area contributed by atoms with Crippen LogP contribution in [0, 0.1) is 0 Å². The molecule has 1 saturated carbocycles. The van der Waals surface area contributed by atoms with E-state index in [-0.39, 0.29) is 36.5 Å². The van der Waals surface area contributed by atoms with E-state index in [9.17, 15) is 19.2 Å². The number of aryl methyl sites for hydroxylation is 1. The number of carbonyl (C=O) groups excluding carboxylic acids is 3. The first kappa shape index (κ1) is 15.6. The van der Waals surface area contributed by atoms with Crippen LogP contribution >= 0.6 is 0 Å². The summed E-state index contributed by atoms with van der Waals surface area (Å²) in [6, 6.07) is 6.46. The highest BCUT2D eigenvalue weighted by Gasteiger charge is 2.44. The maximum absolute atomic E-state index is 12.9. The maximum atomic E-state index is 12.9. The van der Waals surface area contributed by atoms with Gasteiger partial charge in [-0.2, -0.15) is 0 Å². The largest absolute Gasteiger partial charge is 0.329 e. The molecule has 25 heavy (non-hydrogen) atoms. The van der Waals surface area contributed by atoms with Crippen LogP contribution in [-0.2, 0) is 28.0 Å². The van der Waals surface area contributed by atoms with Crippen LogP contribution in [0.4, 0.5) is 0 Å². The predicted octanol–water partition coefficient (Wildman–Crippen LogP) is -0.254. The van der Waals surface area contributed by atoms with E-state index >= 15 is 0 Å². The number of imide groups is 1. The molecule has 1 saturated heterocycles. The third kappa shape index (κ3) is 2.54. The highest BCUT2D eigenvalue weighted by atomic mass is 16.2. The summed E-state index contributed by atoms with van der Waals surface area (Å²) >= 11 is 0. The number of aromatic nitrogens is 2. The maximum Gasteiger partial charge on any atom is 0.329 e. The van der Waals surface area contributed by atoms with Crippen molar-refractivity contribution in [1.82, 2.24) is 19.4 Å². The van der Waals surface area contributed by atoms with Crippen molar-refractivity contribution >= 4 is 28.8 Å². The van der Waals surface area contributed by atoms with Gasteiger partial charge in [-0.05, 0) is 25.0 Å². The molecule has 0 spiro atoms. The Bertz CT molecular complexity index is 953. The topological polar surface area (TPSA) is 93.4 Å². The molecule has 2 heterocycles. The van der Waals surface area contributed by atoms with Crippen molar-refractivity contribution < 1.29 is 14.4 Å². The van der Waals surface area contributed by atoms with Crippen molar-refractivity contribution in [2.24, 2.45) is 7.05 Å². The summed E-state index contributed by atoms with van der Waals surface area (Å²) in [4.78, 5) is 50.4. The Kier molecular flexibility index (Phi) is 3.48. The number of hydrogen-bond donors (Lipinski definition) is 1. The second-order valence-corrected chi connectivity index (χ2v) is 6.58. The molecule has 4 rings (SSSR count). The van der Waals surface area contributed by atoms with Crippen molar-refractivity contribution in [2.45, 2.75) is 37.9 Å². The van der Waals surface area contributed by atoms with E-state index in [1.165, 1.54) is 14.0 Å². The fourth-order valence-electron chi connectivity index (χ4n) is 3.48. The number of nitrogens with one attached hydrogen (secondary N) is 1. The molecule has 1 aromatic heterocycles. The molecule has 2 aromatic rings. The Balaban J connectivity index is 1.67. The lowest BCUT2D eigenvalue weighted by atomic mass is 10.2. The molecule has 2 fully saturated rings. The zero-order valence-electron chi connectivity index (χ0n) is 13.8. The van der Waals surface area contributed by atoms with Crippen molar-refractivity contribution in [2.75, 3.05) is 0 Å². The van der Waals surface area contributed by atoms with E-state index in [1.54, 1.807) is 13.1 Å². The number of para-hydroxylation sites is 2. The molecular weight excluding hydrogens is 324 g/mol. The average molecular weight is 342 g/mol. The molecule has 8 heteroatoms. The number of nitrogens with zero attached hydrogens (tertiary/aromatic N) is 3. The van der Waals surface area contributed by atoms with Gasteiger partial charge in [-0.1, -0.05) is 12.1 Å². The molecule has 0 bridgehead atoms. The Morgan fingerprint density at radius 3 is 2.48 bits per heavy atom. The zero-order chi connectivity index (χ0) is 17.7. The van der Waals surface area contributed by atoms with Gasteiger partial charge in [0.2, 0.25) is 17.7 Å². The summed E-state index contributed by atoms with van der Waals surface area (Å²) < 4.78 is 2.91. The molecule has 2 aliphatic rings.